The number of carbonyl (C=O) groups is 2. The van der Waals surface area contributed by atoms with Crippen molar-refractivity contribution in [3.05, 3.63) is 128 Å². The number of ether oxygens (including phenoxy) is 3. The molecule has 4 aromatic carbocycles. The van der Waals surface area contributed by atoms with Gasteiger partial charge >= 0.3 is 11.9 Å². The highest BCUT2D eigenvalue weighted by Gasteiger charge is 2.34. The Balaban J connectivity index is 0.000000238. The summed E-state index contributed by atoms with van der Waals surface area (Å²) in [6.45, 7) is 17.7. The molecule has 4 aromatic rings. The van der Waals surface area contributed by atoms with Crippen LogP contribution in [-0.2, 0) is 25.2 Å². The third kappa shape index (κ3) is 14.4. The molecule has 9 nitrogen and oxygen atoms in total. The van der Waals surface area contributed by atoms with Gasteiger partial charge in [0.1, 0.15) is 42.0 Å². The van der Waals surface area contributed by atoms with Crippen molar-refractivity contribution in [3.8, 4) is 35.2 Å². The van der Waals surface area contributed by atoms with Crippen LogP contribution in [0.25, 0.3) is 0 Å². The van der Waals surface area contributed by atoms with Crippen LogP contribution >= 0.6 is 0 Å². The number of esters is 1. The molecule has 0 amide bonds. The lowest BCUT2D eigenvalue weighted by molar-refractivity contribution is -0.142. The molecule has 392 valence electrons. The van der Waals surface area contributed by atoms with E-state index in [0.717, 1.165) is 123 Å². The number of aliphatic carboxylic acids is 1. The predicted octanol–water partition coefficient (Wildman–Crippen LogP) is 12.6. The van der Waals surface area contributed by atoms with Gasteiger partial charge in [-0.1, -0.05) is 113 Å². The summed E-state index contributed by atoms with van der Waals surface area (Å²) in [5.41, 5.74) is 9.35. The van der Waals surface area contributed by atoms with Crippen molar-refractivity contribution >= 4 is 11.9 Å². The molecule has 2 saturated carbocycles. The van der Waals surface area contributed by atoms with Gasteiger partial charge in [-0.05, 0) is 186 Å². The van der Waals surface area contributed by atoms with Gasteiger partial charge < -0.3 is 34.6 Å². The molecule has 1 aliphatic heterocycles. The van der Waals surface area contributed by atoms with Crippen LogP contribution in [0.2, 0.25) is 0 Å². The van der Waals surface area contributed by atoms with Crippen molar-refractivity contribution in [1.29, 1.82) is 0 Å². The van der Waals surface area contributed by atoms with Crippen LogP contribution in [-0.4, -0.2) is 69.0 Å². The van der Waals surface area contributed by atoms with E-state index in [1.165, 1.54) is 35.1 Å². The minimum absolute atomic E-state index is 0.0665. The van der Waals surface area contributed by atoms with Crippen LogP contribution < -0.4 is 9.47 Å². The molecule has 73 heavy (non-hydrogen) atoms. The van der Waals surface area contributed by atoms with E-state index in [1.54, 1.807) is 0 Å². The maximum atomic E-state index is 11.4. The first-order chi connectivity index (χ1) is 34.9. The average Bonchev–Trinajstić information content (AvgIpc) is 3.80. The van der Waals surface area contributed by atoms with E-state index >= 15 is 0 Å². The number of aryl methyl sites for hydroxylation is 4. The van der Waals surface area contributed by atoms with Crippen molar-refractivity contribution in [3.63, 3.8) is 0 Å². The van der Waals surface area contributed by atoms with Gasteiger partial charge in [-0.2, -0.15) is 0 Å². The van der Waals surface area contributed by atoms with Crippen LogP contribution in [0.1, 0.15) is 199 Å². The van der Waals surface area contributed by atoms with Crippen LogP contribution in [0.4, 0.5) is 0 Å². The van der Waals surface area contributed by atoms with Crippen molar-refractivity contribution in [2.75, 3.05) is 13.2 Å². The van der Waals surface area contributed by atoms with Crippen molar-refractivity contribution in [2.24, 2.45) is 0 Å². The number of benzene rings is 4. The van der Waals surface area contributed by atoms with Crippen molar-refractivity contribution in [1.82, 2.24) is 0 Å². The molecular formula is C64H82O9. The summed E-state index contributed by atoms with van der Waals surface area (Å²) in [5, 5.41) is 40.4. The van der Waals surface area contributed by atoms with E-state index in [0.29, 0.717) is 18.8 Å². The summed E-state index contributed by atoms with van der Waals surface area (Å²) in [6, 6.07) is 25.8. The van der Waals surface area contributed by atoms with Gasteiger partial charge in [-0.15, -0.1) is 0 Å². The molecule has 2 atom stereocenters. The minimum atomic E-state index is -0.924. The van der Waals surface area contributed by atoms with Crippen molar-refractivity contribution < 1.29 is 44.2 Å². The number of carboxylic acids is 1. The van der Waals surface area contributed by atoms with Crippen molar-refractivity contribution in [2.45, 2.75) is 205 Å². The number of cyclic esters (lactones) is 1. The third-order valence-electron chi connectivity index (χ3n) is 16.2. The van der Waals surface area contributed by atoms with Gasteiger partial charge in [0, 0.05) is 34.8 Å². The molecule has 3 aliphatic rings. The largest absolute Gasteiger partial charge is 0.491 e. The Hall–Kier alpha value is -5.58. The summed E-state index contributed by atoms with van der Waals surface area (Å²) < 4.78 is 17.1. The zero-order valence-electron chi connectivity index (χ0n) is 45.1. The summed E-state index contributed by atoms with van der Waals surface area (Å²) in [6.07, 6.45) is 13.7. The lowest BCUT2D eigenvalue weighted by atomic mass is 9.70. The van der Waals surface area contributed by atoms with Gasteiger partial charge in [0.25, 0.3) is 0 Å². The fraction of sp³-hybridized carbons (Fsp3) is 0.531. The highest BCUT2D eigenvalue weighted by molar-refractivity contribution is 5.71. The van der Waals surface area contributed by atoms with E-state index in [9.17, 15) is 24.9 Å². The second-order valence-electron chi connectivity index (χ2n) is 21.1. The molecule has 9 heteroatoms. The van der Waals surface area contributed by atoms with Gasteiger partial charge in [0.05, 0.1) is 6.10 Å². The minimum Gasteiger partial charge on any atom is -0.491 e. The summed E-state index contributed by atoms with van der Waals surface area (Å²) in [4.78, 5) is 22.1. The monoisotopic (exact) mass is 995 g/mol. The molecule has 4 N–H and O–H groups in total. The summed E-state index contributed by atoms with van der Waals surface area (Å²) >= 11 is 0. The third-order valence-corrected chi connectivity index (χ3v) is 16.2. The molecule has 0 aromatic heterocycles. The fourth-order valence-corrected chi connectivity index (χ4v) is 11.2. The zero-order chi connectivity index (χ0) is 52.8. The Bertz CT molecular complexity index is 2640. The zero-order valence-corrected chi connectivity index (χ0v) is 45.1. The van der Waals surface area contributed by atoms with Gasteiger partial charge in [-0.3, -0.25) is 9.59 Å². The maximum absolute atomic E-state index is 11.4. The van der Waals surface area contributed by atoms with Crippen LogP contribution in [0.5, 0.6) is 11.5 Å². The molecule has 7 rings (SSSR count). The Morgan fingerprint density at radius 2 is 1.05 bits per heavy atom. The van der Waals surface area contributed by atoms with Crippen LogP contribution in [0.3, 0.4) is 0 Å². The Morgan fingerprint density at radius 3 is 1.42 bits per heavy atom. The maximum Gasteiger partial charge on any atom is 0.306 e. The average molecular weight is 995 g/mol. The highest BCUT2D eigenvalue weighted by Crippen LogP contribution is 2.43. The van der Waals surface area contributed by atoms with Crippen LogP contribution in [0.15, 0.2) is 72.8 Å². The summed E-state index contributed by atoms with van der Waals surface area (Å²) in [5.74, 6) is 13.4. The topological polar surface area (TPSA) is 143 Å². The van der Waals surface area contributed by atoms with E-state index in [-0.39, 0.29) is 42.4 Å². The lowest BCUT2D eigenvalue weighted by Crippen LogP contribution is -2.29. The quantitative estimate of drug-likeness (QED) is 0.0601. The highest BCUT2D eigenvalue weighted by atomic mass is 16.6. The number of hydrogen-bond acceptors (Lipinski definition) is 8. The Labute approximate surface area is 436 Å². The molecule has 0 spiro atoms. The lowest BCUT2D eigenvalue weighted by Gasteiger charge is -2.34. The van der Waals surface area contributed by atoms with E-state index in [4.69, 9.17) is 19.3 Å². The Kier molecular flexibility index (Phi) is 19.9. The number of aliphatic hydroxyl groups is 3. The molecule has 2 aliphatic carbocycles. The van der Waals surface area contributed by atoms with E-state index < -0.39 is 23.3 Å². The van der Waals surface area contributed by atoms with E-state index in [1.807, 2.05) is 13.0 Å². The molecule has 3 fully saturated rings. The first-order valence-corrected chi connectivity index (χ1v) is 27.2. The molecule has 0 unspecified atom stereocenters. The number of carbonyl (C=O) groups excluding carboxylic acids is 1. The smallest absolute Gasteiger partial charge is 0.306 e. The molecular weight excluding hydrogens is 913 g/mol. The SMILES string of the molecule is CCC(CC)(c1ccc(C#CC2(O)CCCCC2)c(C)c1)c1ccc(OC[C@@H](O)CCC(=O)O)c(C)c1.CCC(CC)(c1ccc(C#CC2(O)CCCCC2)c(C)c1)c1ccc(OC[C@@H]2CCC(=O)O2)c(C)c1. The predicted molar refractivity (Wildman–Crippen MR) is 290 cm³/mol. The van der Waals surface area contributed by atoms with E-state index in [2.05, 4.69) is 139 Å². The fourth-order valence-electron chi connectivity index (χ4n) is 11.2. The normalized spacial score (nSPS) is 17.6. The first kappa shape index (κ1) is 56.7. The molecule has 1 saturated heterocycles. The number of hydrogen-bond donors (Lipinski definition) is 4. The van der Waals surface area contributed by atoms with Gasteiger partial charge in [0.15, 0.2) is 0 Å². The second-order valence-corrected chi connectivity index (χ2v) is 21.1. The summed E-state index contributed by atoms with van der Waals surface area (Å²) in [7, 11) is 0. The van der Waals surface area contributed by atoms with Gasteiger partial charge in [0.2, 0.25) is 0 Å². The number of carboxylic acid groups (broad SMARTS) is 1. The number of aliphatic hydroxyl groups excluding tert-OH is 1. The van der Waals surface area contributed by atoms with Gasteiger partial charge in [-0.25, -0.2) is 0 Å². The molecule has 0 bridgehead atoms. The molecule has 0 radical (unpaired) electrons. The first-order valence-electron chi connectivity index (χ1n) is 27.2. The second kappa shape index (κ2) is 25.6. The Morgan fingerprint density at radius 1 is 0.644 bits per heavy atom. The number of rotatable bonds is 17. The standard InChI is InChI=1S/C32H42O5.C32H40O4/c1-5-32(6-2,27-12-14-29(24(4)21-27)37-22-28(33)13-15-30(34)35)26-11-10-25(23(3)20-26)16-19-31(36)17-8-7-9-18-31;1-5-32(6-2,27-12-14-29(24(4)21-27)35-22-28-13-15-30(33)36-28)26-11-10-25(23(3)20-26)16-19-31(34)17-8-7-9-18-31/h10-12,14,20-21,28,33,36H,5-9,13,15,17-18,22H2,1-4H3,(H,34,35);10-12,14,20-21,28,34H,5-9,13,15,17-18,22H2,1-4H3/t2*28-/m00/s1. The van der Waals surface area contributed by atoms with Crippen LogP contribution in [0, 0.1) is 51.4 Å². The molecule has 1 heterocycles.